The van der Waals surface area contributed by atoms with Gasteiger partial charge in [-0.2, -0.15) is 13.2 Å². The molecule has 0 aromatic heterocycles. The summed E-state index contributed by atoms with van der Waals surface area (Å²) in [4.78, 5) is 27.8. The lowest BCUT2D eigenvalue weighted by atomic mass is 10.1. The third-order valence-electron chi connectivity index (χ3n) is 6.11. The van der Waals surface area contributed by atoms with Crippen LogP contribution in [0.5, 0.6) is 0 Å². The normalized spacial score (nSPS) is 12.4. The molecule has 0 radical (unpaired) electrons. The van der Waals surface area contributed by atoms with Gasteiger partial charge in [0.2, 0.25) is 11.8 Å². The molecule has 1 atom stereocenters. The Hall–Kier alpha value is -3.57. The van der Waals surface area contributed by atoms with Crippen LogP contribution in [-0.4, -0.2) is 44.3 Å². The average molecular weight is 596 g/mol. The Bertz CT molecular complexity index is 1440. The first kappa shape index (κ1) is 31.0. The maximum atomic E-state index is 13.9. The number of carbonyl (C=O) groups is 2. The standard InChI is InChI=1S/C28H29ClF3N3O4S/c1-3-25(27(37)33-4-2)34(18-20-11-8-9-16-24(20)29)26(36)19-35(40(38,39)23-14-6-5-7-15-23)22-13-10-12-21(17-22)28(30,31)32/h5-17,25H,3-4,18-19H2,1-2H3,(H,33,37). The van der Waals surface area contributed by atoms with Gasteiger partial charge in [-0.1, -0.05) is 61.0 Å². The number of hydrogen-bond acceptors (Lipinski definition) is 4. The third-order valence-corrected chi connectivity index (χ3v) is 8.26. The topological polar surface area (TPSA) is 86.8 Å². The van der Waals surface area contributed by atoms with E-state index in [-0.39, 0.29) is 23.5 Å². The van der Waals surface area contributed by atoms with Gasteiger partial charge < -0.3 is 10.2 Å². The molecule has 1 unspecified atom stereocenters. The van der Waals surface area contributed by atoms with Crippen LogP contribution in [0, 0.1) is 0 Å². The first-order valence-corrected chi connectivity index (χ1v) is 14.3. The quantitative estimate of drug-likeness (QED) is 0.317. The SMILES string of the molecule is CCNC(=O)C(CC)N(Cc1ccccc1Cl)C(=O)CN(c1cccc(C(F)(F)F)c1)S(=O)(=O)c1ccccc1. The fourth-order valence-electron chi connectivity index (χ4n) is 4.11. The second-order valence-corrected chi connectivity index (χ2v) is 11.1. The zero-order valence-corrected chi connectivity index (χ0v) is 23.4. The summed E-state index contributed by atoms with van der Waals surface area (Å²) in [5.74, 6) is -1.25. The van der Waals surface area contributed by atoms with Crippen LogP contribution in [-0.2, 0) is 32.3 Å². The van der Waals surface area contributed by atoms with Crippen molar-refractivity contribution in [3.63, 3.8) is 0 Å². The number of hydrogen-bond donors (Lipinski definition) is 1. The lowest BCUT2D eigenvalue weighted by molar-refractivity contribution is -0.140. The second kappa shape index (κ2) is 13.2. The molecule has 40 heavy (non-hydrogen) atoms. The zero-order chi connectivity index (χ0) is 29.5. The second-order valence-electron chi connectivity index (χ2n) is 8.80. The molecule has 0 fully saturated rings. The van der Waals surface area contributed by atoms with Crippen molar-refractivity contribution >= 4 is 39.1 Å². The van der Waals surface area contributed by atoms with Crippen LogP contribution in [0.2, 0.25) is 5.02 Å². The highest BCUT2D eigenvalue weighted by Crippen LogP contribution is 2.33. The van der Waals surface area contributed by atoms with Gasteiger partial charge in [-0.05, 0) is 55.3 Å². The minimum Gasteiger partial charge on any atom is -0.355 e. The Morgan fingerprint density at radius 3 is 2.20 bits per heavy atom. The predicted octanol–water partition coefficient (Wildman–Crippen LogP) is 5.50. The molecule has 1 N–H and O–H groups in total. The molecule has 12 heteroatoms. The van der Waals surface area contributed by atoms with Crippen LogP contribution >= 0.6 is 11.6 Å². The van der Waals surface area contributed by atoms with E-state index in [2.05, 4.69) is 5.32 Å². The Kier molecular flexibility index (Phi) is 10.2. The van der Waals surface area contributed by atoms with Crippen molar-refractivity contribution < 1.29 is 31.2 Å². The Morgan fingerprint density at radius 1 is 0.950 bits per heavy atom. The highest BCUT2D eigenvalue weighted by molar-refractivity contribution is 7.92. The Morgan fingerprint density at radius 2 is 1.60 bits per heavy atom. The van der Waals surface area contributed by atoms with E-state index in [1.165, 1.54) is 35.2 Å². The number of halogens is 4. The molecule has 0 heterocycles. The molecule has 2 amide bonds. The maximum absolute atomic E-state index is 13.9. The van der Waals surface area contributed by atoms with Gasteiger partial charge in [0.1, 0.15) is 12.6 Å². The van der Waals surface area contributed by atoms with Gasteiger partial charge >= 0.3 is 6.18 Å². The Labute approximate surface area is 236 Å². The van der Waals surface area contributed by atoms with Gasteiger partial charge in [-0.3, -0.25) is 13.9 Å². The van der Waals surface area contributed by atoms with Crippen molar-refractivity contribution in [1.29, 1.82) is 0 Å². The number of nitrogens with zero attached hydrogens (tertiary/aromatic N) is 2. The van der Waals surface area contributed by atoms with Gasteiger partial charge in [0.25, 0.3) is 10.0 Å². The molecule has 3 aromatic carbocycles. The van der Waals surface area contributed by atoms with Gasteiger partial charge in [-0.15, -0.1) is 0 Å². The van der Waals surface area contributed by atoms with E-state index in [1.54, 1.807) is 44.2 Å². The van der Waals surface area contributed by atoms with Gasteiger partial charge in [0.05, 0.1) is 16.1 Å². The van der Waals surface area contributed by atoms with Crippen LogP contribution in [0.4, 0.5) is 18.9 Å². The van der Waals surface area contributed by atoms with Crippen molar-refractivity contribution in [2.45, 2.75) is 43.9 Å². The molecule has 0 aliphatic carbocycles. The van der Waals surface area contributed by atoms with Crippen LogP contribution in [0.3, 0.4) is 0 Å². The number of amides is 2. The lowest BCUT2D eigenvalue weighted by Gasteiger charge is -2.33. The molecule has 3 aromatic rings. The number of sulfonamides is 1. The fourth-order valence-corrected chi connectivity index (χ4v) is 5.73. The lowest BCUT2D eigenvalue weighted by Crippen LogP contribution is -2.52. The average Bonchev–Trinajstić information content (AvgIpc) is 2.92. The number of anilines is 1. The summed E-state index contributed by atoms with van der Waals surface area (Å²) in [6, 6.07) is 16.5. The summed E-state index contributed by atoms with van der Waals surface area (Å²) in [6.45, 7) is 2.71. The first-order valence-electron chi connectivity index (χ1n) is 12.5. The van der Waals surface area contributed by atoms with E-state index in [9.17, 15) is 31.2 Å². The van der Waals surface area contributed by atoms with Gasteiger partial charge in [0.15, 0.2) is 0 Å². The molecule has 0 aliphatic rings. The van der Waals surface area contributed by atoms with E-state index in [0.717, 1.165) is 12.1 Å². The number of alkyl halides is 3. The maximum Gasteiger partial charge on any atom is 0.416 e. The van der Waals surface area contributed by atoms with Crippen LogP contribution in [0.1, 0.15) is 31.4 Å². The largest absolute Gasteiger partial charge is 0.416 e. The molecular weight excluding hydrogens is 567 g/mol. The summed E-state index contributed by atoms with van der Waals surface area (Å²) >= 11 is 6.32. The highest BCUT2D eigenvalue weighted by atomic mass is 35.5. The Balaban J connectivity index is 2.12. The van der Waals surface area contributed by atoms with Gasteiger partial charge in [-0.25, -0.2) is 8.42 Å². The summed E-state index contributed by atoms with van der Waals surface area (Å²) in [5.41, 5.74) is -0.917. The van der Waals surface area contributed by atoms with Gasteiger partial charge in [0, 0.05) is 18.1 Å². The minimum atomic E-state index is -4.75. The fraction of sp³-hybridized carbons (Fsp3) is 0.286. The molecule has 0 saturated heterocycles. The van der Waals surface area contributed by atoms with E-state index in [0.29, 0.717) is 27.5 Å². The van der Waals surface area contributed by atoms with Crippen molar-refractivity contribution in [3.05, 3.63) is 95.0 Å². The molecule has 3 rings (SSSR count). The summed E-state index contributed by atoms with van der Waals surface area (Å²) in [7, 11) is -4.50. The molecule has 0 spiro atoms. The summed E-state index contributed by atoms with van der Waals surface area (Å²) in [6.07, 6.45) is -4.55. The van der Waals surface area contributed by atoms with Crippen molar-refractivity contribution in [2.24, 2.45) is 0 Å². The summed E-state index contributed by atoms with van der Waals surface area (Å²) in [5, 5.41) is 3.01. The number of benzene rings is 3. The number of likely N-dealkylation sites (N-methyl/N-ethyl adjacent to an activating group) is 1. The number of carbonyl (C=O) groups excluding carboxylic acids is 2. The van der Waals surface area contributed by atoms with Crippen molar-refractivity contribution in [3.8, 4) is 0 Å². The highest BCUT2D eigenvalue weighted by Gasteiger charge is 2.36. The van der Waals surface area contributed by atoms with E-state index >= 15 is 0 Å². The third kappa shape index (κ3) is 7.33. The van der Waals surface area contributed by atoms with Crippen molar-refractivity contribution in [2.75, 3.05) is 17.4 Å². The molecule has 7 nitrogen and oxygen atoms in total. The van der Waals surface area contributed by atoms with Crippen molar-refractivity contribution in [1.82, 2.24) is 10.2 Å². The monoisotopic (exact) mass is 595 g/mol. The summed E-state index contributed by atoms with van der Waals surface area (Å²) < 4.78 is 68.7. The number of rotatable bonds is 11. The first-order chi connectivity index (χ1) is 18.9. The smallest absolute Gasteiger partial charge is 0.355 e. The van der Waals surface area contributed by atoms with Crippen LogP contribution < -0.4 is 9.62 Å². The van der Waals surface area contributed by atoms with Crippen LogP contribution in [0.15, 0.2) is 83.8 Å². The molecule has 0 aliphatic heterocycles. The van der Waals surface area contributed by atoms with E-state index < -0.39 is 46.2 Å². The molecule has 0 saturated carbocycles. The van der Waals surface area contributed by atoms with E-state index in [1.807, 2.05) is 0 Å². The predicted molar refractivity (Wildman–Crippen MR) is 147 cm³/mol. The number of nitrogens with one attached hydrogen (secondary N) is 1. The molecule has 214 valence electrons. The zero-order valence-electron chi connectivity index (χ0n) is 21.9. The minimum absolute atomic E-state index is 0.129. The molecule has 0 bridgehead atoms. The van der Waals surface area contributed by atoms with Crippen LogP contribution in [0.25, 0.3) is 0 Å². The molecular formula is C28H29ClF3N3O4S. The van der Waals surface area contributed by atoms with E-state index in [4.69, 9.17) is 11.6 Å².